The predicted molar refractivity (Wildman–Crippen MR) is 53.9 cm³/mol. The van der Waals surface area contributed by atoms with Crippen LogP contribution in [0.2, 0.25) is 0 Å². The van der Waals surface area contributed by atoms with Crippen LogP contribution in [0.25, 0.3) is 0 Å². The molecular formula is C10H16O5. The SMILES string of the molecule is C.C=C(C)C(=O)OCOC(=O)CC(C)=O. The van der Waals surface area contributed by atoms with E-state index in [2.05, 4.69) is 16.1 Å². The number of ether oxygens (including phenoxy) is 2. The first kappa shape index (κ1) is 15.8. The van der Waals surface area contributed by atoms with Crippen LogP contribution in [0, 0.1) is 0 Å². The summed E-state index contributed by atoms with van der Waals surface area (Å²) in [7, 11) is 0. The third-order valence-corrected chi connectivity index (χ3v) is 1.15. The van der Waals surface area contributed by atoms with Gasteiger partial charge in [-0.1, -0.05) is 14.0 Å². The van der Waals surface area contributed by atoms with E-state index in [0.29, 0.717) is 0 Å². The minimum absolute atomic E-state index is 0. The molecule has 15 heavy (non-hydrogen) atoms. The highest BCUT2D eigenvalue weighted by molar-refractivity contribution is 5.94. The lowest BCUT2D eigenvalue weighted by molar-refractivity contribution is -0.164. The van der Waals surface area contributed by atoms with Crippen molar-refractivity contribution < 1.29 is 23.9 Å². The fraction of sp³-hybridized carbons (Fsp3) is 0.500. The molecule has 0 heterocycles. The molecule has 0 amide bonds. The molecule has 0 aliphatic heterocycles. The Hall–Kier alpha value is -1.65. The molecule has 0 aromatic heterocycles. The minimum Gasteiger partial charge on any atom is -0.428 e. The summed E-state index contributed by atoms with van der Waals surface area (Å²) < 4.78 is 8.89. The van der Waals surface area contributed by atoms with E-state index in [4.69, 9.17) is 0 Å². The van der Waals surface area contributed by atoms with Gasteiger partial charge < -0.3 is 9.47 Å². The molecule has 0 aliphatic carbocycles. The summed E-state index contributed by atoms with van der Waals surface area (Å²) in [6.07, 6.45) is -0.315. The molecule has 0 N–H and O–H groups in total. The van der Waals surface area contributed by atoms with Crippen molar-refractivity contribution in [2.75, 3.05) is 6.79 Å². The van der Waals surface area contributed by atoms with Gasteiger partial charge in [0.1, 0.15) is 12.2 Å². The topological polar surface area (TPSA) is 69.7 Å². The molecule has 5 nitrogen and oxygen atoms in total. The summed E-state index contributed by atoms with van der Waals surface area (Å²) in [4.78, 5) is 32.0. The highest BCUT2D eigenvalue weighted by atomic mass is 16.7. The average Bonchev–Trinajstić information content (AvgIpc) is 2.02. The molecule has 0 rings (SSSR count). The van der Waals surface area contributed by atoms with Crippen LogP contribution in [0.1, 0.15) is 27.7 Å². The highest BCUT2D eigenvalue weighted by Gasteiger charge is 2.08. The van der Waals surface area contributed by atoms with E-state index in [0.717, 1.165) is 0 Å². The molecule has 0 fully saturated rings. The van der Waals surface area contributed by atoms with Crippen molar-refractivity contribution in [3.63, 3.8) is 0 Å². The number of hydrogen-bond donors (Lipinski definition) is 0. The minimum atomic E-state index is -0.716. The van der Waals surface area contributed by atoms with Crippen LogP contribution < -0.4 is 0 Å². The van der Waals surface area contributed by atoms with Crippen molar-refractivity contribution in [1.29, 1.82) is 0 Å². The summed E-state index contributed by atoms with van der Waals surface area (Å²) >= 11 is 0. The standard InChI is InChI=1S/C9H12O5.CH4/c1-6(2)9(12)14-5-13-8(11)4-7(3)10;/h1,4-5H2,2-3H3;1H4. The van der Waals surface area contributed by atoms with Gasteiger partial charge >= 0.3 is 11.9 Å². The van der Waals surface area contributed by atoms with E-state index in [-0.39, 0.29) is 25.2 Å². The summed E-state index contributed by atoms with van der Waals surface area (Å²) in [5.41, 5.74) is 0.215. The van der Waals surface area contributed by atoms with Gasteiger partial charge in [0.15, 0.2) is 0 Å². The lowest BCUT2D eigenvalue weighted by Crippen LogP contribution is -2.14. The first-order valence-corrected chi connectivity index (χ1v) is 3.91. The molecule has 0 aliphatic rings. The monoisotopic (exact) mass is 216 g/mol. The second-order valence-corrected chi connectivity index (χ2v) is 2.73. The van der Waals surface area contributed by atoms with Crippen LogP contribution >= 0.6 is 0 Å². The van der Waals surface area contributed by atoms with Crippen LogP contribution in [-0.4, -0.2) is 24.5 Å². The molecule has 86 valence electrons. The van der Waals surface area contributed by atoms with E-state index in [9.17, 15) is 14.4 Å². The van der Waals surface area contributed by atoms with E-state index >= 15 is 0 Å². The van der Waals surface area contributed by atoms with Crippen LogP contribution in [0.4, 0.5) is 0 Å². The molecule has 0 unspecified atom stereocenters. The van der Waals surface area contributed by atoms with Gasteiger partial charge in [-0.25, -0.2) is 4.79 Å². The Labute approximate surface area is 89.1 Å². The molecule has 0 spiro atoms. The number of rotatable bonds is 5. The number of carbonyl (C=O) groups is 3. The number of ketones is 1. The zero-order chi connectivity index (χ0) is 11.1. The molecule has 0 saturated heterocycles. The van der Waals surface area contributed by atoms with Crippen molar-refractivity contribution in [1.82, 2.24) is 0 Å². The van der Waals surface area contributed by atoms with Crippen molar-refractivity contribution in [3.8, 4) is 0 Å². The second kappa shape index (κ2) is 7.73. The highest BCUT2D eigenvalue weighted by Crippen LogP contribution is 1.94. The van der Waals surface area contributed by atoms with E-state index in [1.807, 2.05) is 0 Å². The summed E-state index contributed by atoms with van der Waals surface area (Å²) in [5.74, 6) is -1.66. The van der Waals surface area contributed by atoms with Gasteiger partial charge in [0, 0.05) is 5.57 Å². The van der Waals surface area contributed by atoms with Crippen LogP contribution in [0.15, 0.2) is 12.2 Å². The lowest BCUT2D eigenvalue weighted by atomic mass is 10.3. The molecule has 0 bridgehead atoms. The maximum atomic E-state index is 10.8. The molecule has 5 heteroatoms. The van der Waals surface area contributed by atoms with E-state index < -0.39 is 18.7 Å². The van der Waals surface area contributed by atoms with Gasteiger partial charge in [-0.05, 0) is 13.8 Å². The van der Waals surface area contributed by atoms with Gasteiger partial charge in [0.25, 0.3) is 0 Å². The molecule has 0 atom stereocenters. The Kier molecular flexibility index (Phi) is 8.14. The fourth-order valence-electron chi connectivity index (χ4n) is 0.526. The van der Waals surface area contributed by atoms with Gasteiger partial charge in [-0.3, -0.25) is 9.59 Å². The third kappa shape index (κ3) is 8.67. The first-order valence-electron chi connectivity index (χ1n) is 3.91. The van der Waals surface area contributed by atoms with Gasteiger partial charge in [0.05, 0.1) is 0 Å². The van der Waals surface area contributed by atoms with Crippen molar-refractivity contribution >= 4 is 17.7 Å². The van der Waals surface area contributed by atoms with Gasteiger partial charge in [0.2, 0.25) is 6.79 Å². The lowest BCUT2D eigenvalue weighted by Gasteiger charge is -2.04. The molecule has 0 saturated carbocycles. The quantitative estimate of drug-likeness (QED) is 0.299. The number of carbonyl (C=O) groups excluding carboxylic acids is 3. The molecular weight excluding hydrogens is 200 g/mol. The Morgan fingerprint density at radius 1 is 1.13 bits per heavy atom. The van der Waals surface area contributed by atoms with Crippen LogP contribution in [0.3, 0.4) is 0 Å². The summed E-state index contributed by atoms with van der Waals surface area (Å²) in [6, 6.07) is 0. The zero-order valence-electron chi connectivity index (χ0n) is 8.16. The average molecular weight is 216 g/mol. The number of hydrogen-bond acceptors (Lipinski definition) is 5. The van der Waals surface area contributed by atoms with Crippen molar-refractivity contribution in [3.05, 3.63) is 12.2 Å². The number of Topliss-reactive ketones (excluding diaryl/α,β-unsaturated/α-hetero) is 1. The maximum Gasteiger partial charge on any atom is 0.335 e. The maximum absolute atomic E-state index is 10.8. The van der Waals surface area contributed by atoms with E-state index in [1.165, 1.54) is 13.8 Å². The van der Waals surface area contributed by atoms with Crippen molar-refractivity contribution in [2.24, 2.45) is 0 Å². The first-order chi connectivity index (χ1) is 6.43. The van der Waals surface area contributed by atoms with Crippen LogP contribution in [0.5, 0.6) is 0 Å². The normalized spacial score (nSPS) is 8.40. The Balaban J connectivity index is 0. The summed E-state index contributed by atoms with van der Waals surface area (Å²) in [6.45, 7) is 5.58. The van der Waals surface area contributed by atoms with Gasteiger partial charge in [-0.2, -0.15) is 0 Å². The molecule has 0 radical (unpaired) electrons. The summed E-state index contributed by atoms with van der Waals surface area (Å²) in [5, 5.41) is 0. The zero-order valence-corrected chi connectivity index (χ0v) is 8.16. The number of esters is 2. The smallest absolute Gasteiger partial charge is 0.335 e. The Morgan fingerprint density at radius 3 is 2.07 bits per heavy atom. The second-order valence-electron chi connectivity index (χ2n) is 2.73. The molecule has 0 aromatic rings. The fourth-order valence-corrected chi connectivity index (χ4v) is 0.526. The Morgan fingerprint density at radius 2 is 1.67 bits per heavy atom. The Bertz CT molecular complexity index is 267. The largest absolute Gasteiger partial charge is 0.428 e. The van der Waals surface area contributed by atoms with Crippen LogP contribution in [-0.2, 0) is 23.9 Å². The predicted octanol–water partition coefficient (Wildman–Crippen LogP) is 1.22. The van der Waals surface area contributed by atoms with Crippen molar-refractivity contribution in [2.45, 2.75) is 27.7 Å². The third-order valence-electron chi connectivity index (χ3n) is 1.15. The van der Waals surface area contributed by atoms with Gasteiger partial charge in [-0.15, -0.1) is 0 Å². The molecule has 0 aromatic carbocycles. The van der Waals surface area contributed by atoms with E-state index in [1.54, 1.807) is 0 Å².